The zero-order valence-electron chi connectivity index (χ0n) is 31.2. The van der Waals surface area contributed by atoms with Crippen molar-refractivity contribution in [3.05, 3.63) is 79.2 Å². The van der Waals surface area contributed by atoms with Crippen LogP contribution in [0.2, 0.25) is 0 Å². The maximum absolute atomic E-state index is 13.4. The third-order valence-corrected chi connectivity index (χ3v) is 16.0. The zero-order chi connectivity index (χ0) is 36.2. The Kier molecular flexibility index (Phi) is 10.5. The van der Waals surface area contributed by atoms with Crippen molar-refractivity contribution in [2.75, 3.05) is 13.2 Å². The second-order valence-corrected chi connectivity index (χ2v) is 21.7. The van der Waals surface area contributed by atoms with Gasteiger partial charge in [-0.2, -0.15) is 0 Å². The summed E-state index contributed by atoms with van der Waals surface area (Å²) in [6.45, 7) is 22.9. The number of fused-ring (bicyclic) bond motifs is 2. The average Bonchev–Trinajstić information content (AvgIpc) is 3.84. The topological polar surface area (TPSA) is 52.6 Å². The Morgan fingerprint density at radius 2 is 1.16 bits per heavy atom. The first-order valence-electron chi connectivity index (χ1n) is 17.8. The monoisotopic (exact) mass is 748 g/mol. The van der Waals surface area contributed by atoms with Crippen LogP contribution in [0.25, 0.3) is 19.5 Å². The summed E-state index contributed by atoms with van der Waals surface area (Å²) in [6, 6.07) is 13.2. The molecule has 4 aromatic rings. The number of esters is 2. The smallest absolute Gasteiger partial charge is 0.310 e. The summed E-state index contributed by atoms with van der Waals surface area (Å²) in [5, 5.41) is 0. The van der Waals surface area contributed by atoms with E-state index in [1.54, 1.807) is 22.7 Å². The summed E-state index contributed by atoms with van der Waals surface area (Å²) in [5.41, 5.74) is 2.23. The van der Waals surface area contributed by atoms with Crippen LogP contribution in [-0.4, -0.2) is 25.2 Å². The van der Waals surface area contributed by atoms with E-state index in [9.17, 15) is 9.59 Å². The van der Waals surface area contributed by atoms with Crippen LogP contribution < -0.4 is 0 Å². The molecule has 1 fully saturated rings. The van der Waals surface area contributed by atoms with E-state index in [4.69, 9.17) is 9.47 Å². The number of carbonyl (C=O) groups excluding carboxylic acids is 2. The molecule has 1 saturated carbocycles. The first-order valence-corrected chi connectivity index (χ1v) is 21.1. The Morgan fingerprint density at radius 3 is 1.68 bits per heavy atom. The minimum Gasteiger partial charge on any atom is -0.465 e. The summed E-state index contributed by atoms with van der Waals surface area (Å²) < 4.78 is 12.0. The molecule has 0 amide bonds. The van der Waals surface area contributed by atoms with Crippen molar-refractivity contribution in [2.24, 2.45) is 23.7 Å². The molecule has 0 spiro atoms. The SMILES string of the molecule is Cc1cc(CC(=O)OCC2C3C=CC(C3)C2COC(=O)Cc2cc(-c3ccc(C(C)(C)C)s3)sc2C(C)(C)C)c(-c2ccc(C(C)(C)C)s2)s1. The van der Waals surface area contributed by atoms with E-state index in [1.165, 1.54) is 39.0 Å². The van der Waals surface area contributed by atoms with Crippen LogP contribution in [0, 0.1) is 30.6 Å². The number of hydrogen-bond acceptors (Lipinski definition) is 8. The molecular weight excluding hydrogens is 697 g/mol. The van der Waals surface area contributed by atoms with Gasteiger partial charge in [0.1, 0.15) is 0 Å². The maximum Gasteiger partial charge on any atom is 0.310 e. The minimum absolute atomic E-state index is 0.0748. The molecule has 4 atom stereocenters. The number of ether oxygens (including phenoxy) is 2. The lowest BCUT2D eigenvalue weighted by atomic mass is 9.84. The molecule has 8 heteroatoms. The molecule has 4 aromatic heterocycles. The predicted octanol–water partition coefficient (Wildman–Crippen LogP) is 11.8. The molecule has 268 valence electrons. The van der Waals surface area contributed by atoms with Crippen LogP contribution in [0.1, 0.15) is 99.4 Å². The zero-order valence-corrected chi connectivity index (χ0v) is 34.5. The lowest BCUT2D eigenvalue weighted by Crippen LogP contribution is -2.30. The summed E-state index contributed by atoms with van der Waals surface area (Å²) in [7, 11) is 0. The van der Waals surface area contributed by atoms with E-state index in [-0.39, 0.29) is 52.9 Å². The van der Waals surface area contributed by atoms with E-state index >= 15 is 0 Å². The molecule has 0 aliphatic heterocycles. The van der Waals surface area contributed by atoms with Crippen molar-refractivity contribution in [3.8, 4) is 19.5 Å². The van der Waals surface area contributed by atoms with Gasteiger partial charge in [-0.3, -0.25) is 9.59 Å². The second kappa shape index (κ2) is 14.1. The van der Waals surface area contributed by atoms with Gasteiger partial charge >= 0.3 is 11.9 Å². The van der Waals surface area contributed by atoms with Gasteiger partial charge in [0.15, 0.2) is 0 Å². The van der Waals surface area contributed by atoms with Gasteiger partial charge in [0.2, 0.25) is 0 Å². The Hall–Kier alpha value is -2.52. The molecule has 2 aliphatic carbocycles. The highest BCUT2D eigenvalue weighted by atomic mass is 32.1. The number of allylic oxidation sites excluding steroid dienone is 2. The summed E-state index contributed by atoms with van der Waals surface area (Å²) in [4.78, 5) is 36.6. The number of aryl methyl sites for hydroxylation is 1. The van der Waals surface area contributed by atoms with E-state index < -0.39 is 0 Å². The van der Waals surface area contributed by atoms with Crippen LogP contribution in [0.5, 0.6) is 0 Å². The Labute approximate surface area is 315 Å². The van der Waals surface area contributed by atoms with Gasteiger partial charge in [-0.05, 0) is 89.0 Å². The van der Waals surface area contributed by atoms with Gasteiger partial charge in [0.25, 0.3) is 0 Å². The van der Waals surface area contributed by atoms with Crippen molar-refractivity contribution in [2.45, 2.75) is 105 Å². The van der Waals surface area contributed by atoms with Crippen LogP contribution in [0.4, 0.5) is 0 Å². The van der Waals surface area contributed by atoms with Gasteiger partial charge in [-0.15, -0.1) is 45.3 Å². The molecule has 4 nitrogen and oxygen atoms in total. The van der Waals surface area contributed by atoms with Gasteiger partial charge in [0, 0.05) is 50.9 Å². The molecule has 0 radical (unpaired) electrons. The first-order chi connectivity index (χ1) is 23.4. The molecule has 0 N–H and O–H groups in total. The third kappa shape index (κ3) is 8.24. The lowest BCUT2D eigenvalue weighted by Gasteiger charge is -2.27. The highest BCUT2D eigenvalue weighted by Gasteiger charge is 2.45. The quantitative estimate of drug-likeness (QED) is 0.120. The molecule has 0 aromatic carbocycles. The molecular formula is C42H52O4S4. The molecule has 2 aliphatic rings. The van der Waals surface area contributed by atoms with Gasteiger partial charge in [0.05, 0.1) is 26.1 Å². The van der Waals surface area contributed by atoms with Crippen LogP contribution in [0.15, 0.2) is 48.6 Å². The molecule has 6 rings (SSSR count). The fraction of sp³-hybridized carbons (Fsp3) is 0.524. The third-order valence-electron chi connectivity index (χ3n) is 9.92. The molecule has 4 heterocycles. The maximum atomic E-state index is 13.4. The fourth-order valence-electron chi connectivity index (χ4n) is 7.27. The van der Waals surface area contributed by atoms with E-state index in [2.05, 4.69) is 118 Å². The van der Waals surface area contributed by atoms with E-state index in [1.807, 2.05) is 22.7 Å². The normalized spacial score (nSPS) is 20.5. The fourth-order valence-corrected chi connectivity index (χ4v) is 11.9. The predicted molar refractivity (Wildman–Crippen MR) is 213 cm³/mol. The van der Waals surface area contributed by atoms with Gasteiger partial charge in [-0.25, -0.2) is 0 Å². The number of thiophene rings is 4. The van der Waals surface area contributed by atoms with Gasteiger partial charge < -0.3 is 9.47 Å². The molecule has 0 saturated heterocycles. The number of hydrogen-bond donors (Lipinski definition) is 0. The Balaban J connectivity index is 1.07. The van der Waals surface area contributed by atoms with E-state index in [0.717, 1.165) is 17.5 Å². The van der Waals surface area contributed by atoms with Crippen molar-refractivity contribution in [1.82, 2.24) is 0 Å². The summed E-state index contributed by atoms with van der Waals surface area (Å²) >= 11 is 7.20. The molecule has 4 unspecified atom stereocenters. The highest BCUT2D eigenvalue weighted by molar-refractivity contribution is 7.23. The van der Waals surface area contributed by atoms with Crippen molar-refractivity contribution >= 4 is 57.3 Å². The number of carbonyl (C=O) groups is 2. The highest BCUT2D eigenvalue weighted by Crippen LogP contribution is 2.49. The Bertz CT molecular complexity index is 1880. The van der Waals surface area contributed by atoms with Crippen LogP contribution in [0.3, 0.4) is 0 Å². The lowest BCUT2D eigenvalue weighted by molar-refractivity contribution is -0.149. The standard InChI is InChI=1S/C42H52O4S4/c1-24-17-27(38(47-24)32-14-16-35(49-32)41(5,6)7)20-36(43)45-22-29-25-11-12-26(18-25)30(29)23-46-37(44)21-28-19-33(50-39(28)42(8,9)10)31-13-15-34(48-31)40(2,3)4/h11-17,19,25-26,29-30H,18,20-23H2,1-10H3. The van der Waals surface area contributed by atoms with Crippen molar-refractivity contribution < 1.29 is 19.1 Å². The number of rotatable bonds is 10. The summed E-state index contributed by atoms with van der Waals surface area (Å²) in [5.74, 6) is 0.644. The first kappa shape index (κ1) is 37.2. The van der Waals surface area contributed by atoms with E-state index in [0.29, 0.717) is 25.0 Å². The minimum atomic E-state index is -0.192. The molecule has 2 bridgehead atoms. The largest absolute Gasteiger partial charge is 0.465 e. The van der Waals surface area contributed by atoms with Crippen LogP contribution in [-0.2, 0) is 48.1 Å². The second-order valence-electron chi connectivity index (χ2n) is 17.2. The van der Waals surface area contributed by atoms with Crippen molar-refractivity contribution in [1.29, 1.82) is 0 Å². The Morgan fingerprint density at radius 1 is 0.640 bits per heavy atom. The summed E-state index contributed by atoms with van der Waals surface area (Å²) in [6.07, 6.45) is 6.10. The molecule has 50 heavy (non-hydrogen) atoms. The average molecular weight is 749 g/mol. The van der Waals surface area contributed by atoms with Crippen LogP contribution >= 0.6 is 45.3 Å². The van der Waals surface area contributed by atoms with Gasteiger partial charge in [-0.1, -0.05) is 74.5 Å². The van der Waals surface area contributed by atoms with Crippen molar-refractivity contribution in [3.63, 3.8) is 0 Å².